The molecule has 0 aliphatic carbocycles. The van der Waals surface area contributed by atoms with Crippen molar-refractivity contribution in [2.24, 2.45) is 7.05 Å². The second kappa shape index (κ2) is 4.37. The van der Waals surface area contributed by atoms with Crippen molar-refractivity contribution in [3.8, 4) is 0 Å². The van der Waals surface area contributed by atoms with E-state index >= 15 is 0 Å². The minimum atomic E-state index is 0.504. The summed E-state index contributed by atoms with van der Waals surface area (Å²) in [6.07, 6.45) is 3.73. The predicted octanol–water partition coefficient (Wildman–Crippen LogP) is 2.64. The van der Waals surface area contributed by atoms with E-state index < -0.39 is 0 Å². The van der Waals surface area contributed by atoms with Gasteiger partial charge in [0.25, 0.3) is 0 Å². The first-order valence-electron chi connectivity index (χ1n) is 6.93. The highest BCUT2D eigenvalue weighted by Crippen LogP contribution is 2.25. The molecule has 5 nitrogen and oxygen atoms in total. The normalized spacial score (nSPS) is 24.3. The van der Waals surface area contributed by atoms with Crippen LogP contribution in [0.25, 0.3) is 11.2 Å². The average molecular weight is 279 g/mol. The minimum Gasteiger partial charge on any atom is -0.326 e. The fraction of sp³-hybridized carbons (Fsp3) is 0.692. The molecule has 1 N–H and O–H groups in total. The zero-order chi connectivity index (χ0) is 13.7. The van der Waals surface area contributed by atoms with Crippen LogP contribution in [-0.2, 0) is 7.05 Å². The average Bonchev–Trinajstić information content (AvgIpc) is 2.79. The van der Waals surface area contributed by atoms with Gasteiger partial charge < -0.3 is 9.99 Å². The van der Waals surface area contributed by atoms with Gasteiger partial charge in [0, 0.05) is 19.1 Å². The lowest BCUT2D eigenvalue weighted by molar-refractivity contribution is 0.337. The summed E-state index contributed by atoms with van der Waals surface area (Å²) in [5.74, 6) is 0. The minimum absolute atomic E-state index is 0.504. The lowest BCUT2D eigenvalue weighted by Gasteiger charge is -2.41. The number of aromatic nitrogens is 4. The van der Waals surface area contributed by atoms with E-state index in [2.05, 4.69) is 33.6 Å². The van der Waals surface area contributed by atoms with Crippen LogP contribution < -0.4 is 5.01 Å². The Hall–Kier alpha value is -1.30. The first-order chi connectivity index (χ1) is 9.00. The highest BCUT2D eigenvalue weighted by Gasteiger charge is 2.28. The van der Waals surface area contributed by atoms with Gasteiger partial charge in [0.05, 0.1) is 5.69 Å². The number of nitrogens with one attached hydrogen (secondary N) is 1. The van der Waals surface area contributed by atoms with Gasteiger partial charge in [-0.1, -0.05) is 0 Å². The van der Waals surface area contributed by atoms with Crippen molar-refractivity contribution in [1.82, 2.24) is 19.4 Å². The third kappa shape index (κ3) is 1.81. The molecule has 0 bridgehead atoms. The number of hydrogen-bond donors (Lipinski definition) is 1. The first-order valence-corrected chi connectivity index (χ1v) is 7.34. The summed E-state index contributed by atoms with van der Waals surface area (Å²) >= 11 is 5.54. The van der Waals surface area contributed by atoms with Crippen LogP contribution >= 0.6 is 12.2 Å². The molecule has 0 saturated carbocycles. The summed E-state index contributed by atoms with van der Waals surface area (Å²) < 4.78 is 4.84. The molecule has 2 aromatic heterocycles. The van der Waals surface area contributed by atoms with E-state index in [0.717, 1.165) is 21.6 Å². The number of aryl methyl sites for hydroxylation is 2. The second-order valence-corrected chi connectivity index (χ2v) is 6.05. The van der Waals surface area contributed by atoms with Gasteiger partial charge in [-0.05, 0) is 52.3 Å². The molecular weight excluding hydrogens is 258 g/mol. The Morgan fingerprint density at radius 1 is 1.26 bits per heavy atom. The summed E-state index contributed by atoms with van der Waals surface area (Å²) in [7, 11) is 1.98. The molecule has 1 aliphatic heterocycles. The zero-order valence-electron chi connectivity index (χ0n) is 12.0. The van der Waals surface area contributed by atoms with E-state index in [0.29, 0.717) is 12.1 Å². The molecule has 3 rings (SSSR count). The summed E-state index contributed by atoms with van der Waals surface area (Å²) in [4.78, 5) is 3.31. The molecule has 2 atom stereocenters. The first kappa shape index (κ1) is 12.7. The van der Waals surface area contributed by atoms with Gasteiger partial charge in [0.1, 0.15) is 5.52 Å². The topological polar surface area (TPSA) is 41.8 Å². The lowest BCUT2D eigenvalue weighted by Crippen LogP contribution is -2.51. The van der Waals surface area contributed by atoms with Crippen molar-refractivity contribution in [2.45, 2.75) is 52.1 Å². The summed E-state index contributed by atoms with van der Waals surface area (Å²) in [6, 6.07) is 1.01. The molecule has 1 fully saturated rings. The number of nitrogens with zero attached hydrogens (tertiary/aromatic N) is 4. The van der Waals surface area contributed by atoms with Crippen molar-refractivity contribution in [3.05, 3.63) is 10.5 Å². The van der Waals surface area contributed by atoms with Crippen molar-refractivity contribution in [1.29, 1.82) is 0 Å². The number of rotatable bonds is 1. The van der Waals surface area contributed by atoms with E-state index in [-0.39, 0.29) is 0 Å². The van der Waals surface area contributed by atoms with Gasteiger partial charge in [-0.2, -0.15) is 5.10 Å². The molecule has 19 heavy (non-hydrogen) atoms. The highest BCUT2D eigenvalue weighted by atomic mass is 32.1. The molecular formula is C13H21N5S. The quantitative estimate of drug-likeness (QED) is 0.816. The van der Waals surface area contributed by atoms with Crippen LogP contribution in [-0.4, -0.2) is 31.5 Å². The van der Waals surface area contributed by atoms with Crippen LogP contribution in [0.15, 0.2) is 0 Å². The summed E-state index contributed by atoms with van der Waals surface area (Å²) in [5, 5.41) is 6.90. The van der Waals surface area contributed by atoms with E-state index in [1.54, 1.807) is 0 Å². The maximum absolute atomic E-state index is 5.54. The predicted molar refractivity (Wildman–Crippen MR) is 79.6 cm³/mol. The van der Waals surface area contributed by atoms with Gasteiger partial charge >= 0.3 is 0 Å². The molecule has 0 amide bonds. The smallest absolute Gasteiger partial charge is 0.198 e. The van der Waals surface area contributed by atoms with Crippen LogP contribution in [0.3, 0.4) is 0 Å². The number of imidazole rings is 1. The Kier molecular flexibility index (Phi) is 2.92. The van der Waals surface area contributed by atoms with Crippen LogP contribution in [0.5, 0.6) is 0 Å². The maximum Gasteiger partial charge on any atom is 0.198 e. The Bertz CT molecular complexity index is 654. The molecule has 3 heterocycles. The summed E-state index contributed by atoms with van der Waals surface area (Å²) in [5.41, 5.74) is 3.13. The number of fused-ring (bicyclic) bond motifs is 1. The SMILES string of the molecule is Cc1nn(C)c2c1[nH]c(=S)n2N1C(C)CCCC1C. The second-order valence-electron chi connectivity index (χ2n) is 5.66. The van der Waals surface area contributed by atoms with Crippen LogP contribution in [0.4, 0.5) is 0 Å². The van der Waals surface area contributed by atoms with Crippen molar-refractivity contribution in [3.63, 3.8) is 0 Å². The zero-order valence-corrected chi connectivity index (χ0v) is 12.8. The third-order valence-corrected chi connectivity index (χ3v) is 4.47. The lowest BCUT2D eigenvalue weighted by atomic mass is 10.00. The number of hydrogen-bond acceptors (Lipinski definition) is 3. The fourth-order valence-electron chi connectivity index (χ4n) is 3.31. The van der Waals surface area contributed by atoms with E-state index in [9.17, 15) is 0 Å². The van der Waals surface area contributed by atoms with Gasteiger partial charge in [-0.3, -0.25) is 0 Å². The van der Waals surface area contributed by atoms with Gasteiger partial charge in [0.2, 0.25) is 0 Å². The third-order valence-electron chi connectivity index (χ3n) is 4.19. The highest BCUT2D eigenvalue weighted by molar-refractivity contribution is 7.71. The Morgan fingerprint density at radius 3 is 2.53 bits per heavy atom. The van der Waals surface area contributed by atoms with Crippen molar-refractivity contribution < 1.29 is 0 Å². The van der Waals surface area contributed by atoms with E-state index in [4.69, 9.17) is 12.2 Å². The molecule has 0 spiro atoms. The number of H-pyrrole nitrogens is 1. The Morgan fingerprint density at radius 2 is 1.89 bits per heavy atom. The molecule has 0 radical (unpaired) electrons. The molecule has 6 heteroatoms. The van der Waals surface area contributed by atoms with E-state index in [1.165, 1.54) is 19.3 Å². The molecule has 104 valence electrons. The fourth-order valence-corrected chi connectivity index (χ4v) is 3.59. The molecule has 2 aromatic rings. The van der Waals surface area contributed by atoms with Crippen LogP contribution in [0.2, 0.25) is 0 Å². The van der Waals surface area contributed by atoms with Gasteiger partial charge in [0.15, 0.2) is 10.4 Å². The van der Waals surface area contributed by atoms with Gasteiger partial charge in [-0.15, -0.1) is 0 Å². The monoisotopic (exact) mass is 279 g/mol. The maximum atomic E-state index is 5.54. The largest absolute Gasteiger partial charge is 0.326 e. The molecule has 1 aliphatic rings. The van der Waals surface area contributed by atoms with Crippen LogP contribution in [0, 0.1) is 11.7 Å². The molecule has 0 aromatic carbocycles. The van der Waals surface area contributed by atoms with Gasteiger partial charge in [-0.25, -0.2) is 9.36 Å². The Labute approximate surface area is 118 Å². The van der Waals surface area contributed by atoms with Crippen molar-refractivity contribution >= 4 is 23.4 Å². The van der Waals surface area contributed by atoms with Crippen LogP contribution in [0.1, 0.15) is 38.8 Å². The number of aromatic amines is 1. The summed E-state index contributed by atoms with van der Waals surface area (Å²) in [6.45, 7) is 6.57. The molecule has 1 saturated heterocycles. The van der Waals surface area contributed by atoms with E-state index in [1.807, 2.05) is 18.7 Å². The Balaban J connectivity index is 2.24. The standard InChI is InChI=1S/C13H21N5S/c1-8-6-5-7-9(2)17(8)18-12-11(14-13(18)19)10(3)15-16(12)4/h8-9H,5-7H2,1-4H3,(H,14,19). The molecule has 2 unspecified atom stereocenters. The van der Waals surface area contributed by atoms with Crippen molar-refractivity contribution in [2.75, 3.05) is 5.01 Å². The number of piperidine rings is 1.